The lowest BCUT2D eigenvalue weighted by Crippen LogP contribution is -2.49. The summed E-state index contributed by atoms with van der Waals surface area (Å²) in [6.45, 7) is 6.10. The molecule has 164 valence electrons. The Balaban J connectivity index is 1.67. The molecular weight excluding hydrogens is 503 g/mol. The summed E-state index contributed by atoms with van der Waals surface area (Å²) in [4.78, 5) is 27.3. The molecule has 1 fully saturated rings. The first kappa shape index (κ1) is 23.5. The number of aliphatic hydroxyl groups excluding tert-OH is 1. The van der Waals surface area contributed by atoms with Gasteiger partial charge in [-0.25, -0.2) is 0 Å². The minimum absolute atomic E-state index is 0.0856. The largest absolute Gasteiger partial charge is 0.391 e. The van der Waals surface area contributed by atoms with Gasteiger partial charge in [0.2, 0.25) is 11.8 Å². The molecule has 0 radical (unpaired) electrons. The summed E-state index contributed by atoms with van der Waals surface area (Å²) >= 11 is 2.12. The Morgan fingerprint density at radius 2 is 1.90 bits per heavy atom. The number of nitrogens with zero attached hydrogens (tertiary/aromatic N) is 1. The van der Waals surface area contributed by atoms with Crippen molar-refractivity contribution in [2.24, 2.45) is 5.92 Å². The van der Waals surface area contributed by atoms with Crippen LogP contribution in [0.15, 0.2) is 60.4 Å². The quantitative estimate of drug-likeness (QED) is 0.331. The van der Waals surface area contributed by atoms with Gasteiger partial charge >= 0.3 is 0 Å². The number of nitrogens with one attached hydrogen (secondary N) is 1. The molecule has 0 unspecified atom stereocenters. The van der Waals surface area contributed by atoms with Crippen LogP contribution in [0.3, 0.4) is 0 Å². The third kappa shape index (κ3) is 5.76. The summed E-state index contributed by atoms with van der Waals surface area (Å²) in [6.07, 6.45) is 9.34. The maximum atomic E-state index is 13.0. The standard InChI is InChI=1S/C25H29IN2O3/c1-16(2)23(26)25(31)28-15-21(29)14-22(28)24(30)27-17(3)18-10-12-20(13-11-18)19-8-6-4-5-7-9-19/h4,6-13,16-17,21-23,29H,14-15H2,1-3H3,(H,27,30)/t17-,21+,22-,23-/m0/s1. The fourth-order valence-corrected chi connectivity index (χ4v) is 4.11. The van der Waals surface area contributed by atoms with Gasteiger partial charge in [-0.3, -0.25) is 9.59 Å². The van der Waals surface area contributed by atoms with Gasteiger partial charge in [0.05, 0.1) is 16.1 Å². The van der Waals surface area contributed by atoms with Crippen LogP contribution in [0.5, 0.6) is 0 Å². The molecular formula is C25H29IN2O3. The fraction of sp³-hybridized carbons (Fsp3) is 0.400. The third-order valence-electron chi connectivity index (χ3n) is 5.62. The van der Waals surface area contributed by atoms with E-state index < -0.39 is 12.1 Å². The number of carbonyl (C=O) groups is 2. The monoisotopic (exact) mass is 532 g/mol. The molecule has 4 atom stereocenters. The van der Waals surface area contributed by atoms with Crippen LogP contribution in [0.25, 0.3) is 5.57 Å². The lowest BCUT2D eigenvalue weighted by molar-refractivity contribution is -0.138. The number of hydrogen-bond acceptors (Lipinski definition) is 3. The summed E-state index contributed by atoms with van der Waals surface area (Å²) < 4.78 is -0.222. The van der Waals surface area contributed by atoms with E-state index in [9.17, 15) is 14.7 Å². The van der Waals surface area contributed by atoms with Crippen molar-refractivity contribution in [2.45, 2.75) is 49.3 Å². The first-order valence-electron chi connectivity index (χ1n) is 10.6. The van der Waals surface area contributed by atoms with Crippen molar-refractivity contribution >= 4 is 40.0 Å². The van der Waals surface area contributed by atoms with E-state index in [1.807, 2.05) is 75.4 Å². The fourth-order valence-electron chi connectivity index (χ4n) is 3.76. The SMILES string of the molecule is CC(C)[C@H](I)C(=O)N1C[C@H](O)C[C@H]1C(=O)N[C@@H](C)c1ccc(C2=CC=C=CC=C2)cc1. The number of rotatable bonds is 6. The highest BCUT2D eigenvalue weighted by Gasteiger charge is 2.41. The van der Waals surface area contributed by atoms with E-state index in [0.29, 0.717) is 0 Å². The van der Waals surface area contributed by atoms with Gasteiger partial charge in [-0.1, -0.05) is 72.9 Å². The molecule has 1 aliphatic carbocycles. The minimum atomic E-state index is -0.672. The molecule has 0 saturated carbocycles. The smallest absolute Gasteiger partial charge is 0.243 e. The van der Waals surface area contributed by atoms with Crippen LogP contribution in [0.2, 0.25) is 0 Å². The maximum absolute atomic E-state index is 13.0. The van der Waals surface area contributed by atoms with E-state index >= 15 is 0 Å². The van der Waals surface area contributed by atoms with Gasteiger partial charge in [-0.15, -0.1) is 5.73 Å². The highest BCUT2D eigenvalue weighted by molar-refractivity contribution is 14.1. The molecule has 2 aliphatic rings. The van der Waals surface area contributed by atoms with Crippen LogP contribution >= 0.6 is 22.6 Å². The van der Waals surface area contributed by atoms with Crippen LogP contribution in [-0.2, 0) is 9.59 Å². The zero-order valence-electron chi connectivity index (χ0n) is 18.1. The van der Waals surface area contributed by atoms with E-state index in [1.165, 1.54) is 0 Å². The minimum Gasteiger partial charge on any atom is -0.391 e. The zero-order chi connectivity index (χ0) is 22.5. The number of benzene rings is 1. The molecule has 1 heterocycles. The van der Waals surface area contributed by atoms with Crippen molar-refractivity contribution < 1.29 is 14.7 Å². The molecule has 3 rings (SSSR count). The number of carbonyl (C=O) groups excluding carboxylic acids is 2. The normalized spacial score (nSPS) is 22.3. The Labute approximate surface area is 197 Å². The lowest BCUT2D eigenvalue weighted by atomic mass is 10.0. The molecule has 0 bridgehead atoms. The van der Waals surface area contributed by atoms with Crippen LogP contribution in [0, 0.1) is 5.92 Å². The highest BCUT2D eigenvalue weighted by Crippen LogP contribution is 2.25. The molecule has 2 N–H and O–H groups in total. The highest BCUT2D eigenvalue weighted by atomic mass is 127. The molecule has 2 amide bonds. The molecule has 1 aromatic rings. The third-order valence-corrected chi connectivity index (χ3v) is 7.59. The Kier molecular flexibility index (Phi) is 7.92. The van der Waals surface area contributed by atoms with E-state index in [-0.39, 0.29) is 40.7 Å². The molecule has 0 aromatic heterocycles. The average Bonchev–Trinajstić information content (AvgIpc) is 2.96. The van der Waals surface area contributed by atoms with Gasteiger partial charge in [-0.2, -0.15) is 0 Å². The van der Waals surface area contributed by atoms with Crippen molar-refractivity contribution in [1.82, 2.24) is 10.2 Å². The Hall–Kier alpha value is -2.15. The van der Waals surface area contributed by atoms with Gasteiger partial charge in [0.25, 0.3) is 0 Å². The van der Waals surface area contributed by atoms with Gasteiger partial charge in [0.1, 0.15) is 6.04 Å². The first-order valence-corrected chi connectivity index (χ1v) is 11.8. The second-order valence-corrected chi connectivity index (χ2v) is 9.72. The van der Waals surface area contributed by atoms with Gasteiger partial charge in [-0.05, 0) is 47.8 Å². The van der Waals surface area contributed by atoms with Crippen LogP contribution in [0.4, 0.5) is 0 Å². The molecule has 6 heteroatoms. The summed E-state index contributed by atoms with van der Waals surface area (Å²) in [6, 6.07) is 7.22. The Morgan fingerprint density at radius 1 is 1.19 bits per heavy atom. The van der Waals surface area contributed by atoms with Gasteiger partial charge < -0.3 is 15.3 Å². The van der Waals surface area contributed by atoms with E-state index in [2.05, 4.69) is 33.6 Å². The van der Waals surface area contributed by atoms with Crippen molar-refractivity contribution in [2.75, 3.05) is 6.54 Å². The molecule has 1 aromatic carbocycles. The first-order chi connectivity index (χ1) is 14.8. The van der Waals surface area contributed by atoms with Crippen molar-refractivity contribution in [3.8, 4) is 0 Å². The molecule has 1 aliphatic heterocycles. The van der Waals surface area contributed by atoms with Gasteiger partial charge in [0.15, 0.2) is 0 Å². The number of amides is 2. The summed E-state index contributed by atoms with van der Waals surface area (Å²) in [7, 11) is 0. The molecule has 1 saturated heterocycles. The summed E-state index contributed by atoms with van der Waals surface area (Å²) in [5, 5.41) is 13.1. The number of β-amino-alcohol motifs (C(OH)–C–C–N with tert-alkyl or cyclic N) is 1. The van der Waals surface area contributed by atoms with Crippen LogP contribution in [0.1, 0.15) is 44.4 Å². The lowest BCUT2D eigenvalue weighted by Gasteiger charge is -2.28. The van der Waals surface area contributed by atoms with E-state index in [1.54, 1.807) is 4.90 Å². The van der Waals surface area contributed by atoms with E-state index in [4.69, 9.17) is 0 Å². The summed E-state index contributed by atoms with van der Waals surface area (Å²) in [5.74, 6) is -0.145. The molecule has 5 nitrogen and oxygen atoms in total. The van der Waals surface area contributed by atoms with Crippen molar-refractivity contribution in [1.29, 1.82) is 0 Å². The number of alkyl halides is 1. The second-order valence-electron chi connectivity index (χ2n) is 8.38. The topological polar surface area (TPSA) is 69.6 Å². The zero-order valence-corrected chi connectivity index (χ0v) is 20.2. The predicted molar refractivity (Wildman–Crippen MR) is 132 cm³/mol. The van der Waals surface area contributed by atoms with Crippen LogP contribution < -0.4 is 5.32 Å². The molecule has 0 spiro atoms. The Bertz CT molecular complexity index is 942. The van der Waals surface area contributed by atoms with Crippen molar-refractivity contribution in [3.05, 3.63) is 71.5 Å². The number of aliphatic hydroxyl groups is 1. The number of hydrogen-bond donors (Lipinski definition) is 2. The number of allylic oxidation sites excluding steroid dienone is 5. The maximum Gasteiger partial charge on any atom is 0.243 e. The predicted octanol–water partition coefficient (Wildman–Crippen LogP) is 3.95. The number of halogens is 1. The molecule has 31 heavy (non-hydrogen) atoms. The van der Waals surface area contributed by atoms with Crippen LogP contribution in [-0.4, -0.2) is 44.4 Å². The number of likely N-dealkylation sites (tertiary alicyclic amines) is 1. The second kappa shape index (κ2) is 10.4. The van der Waals surface area contributed by atoms with E-state index in [0.717, 1.165) is 16.7 Å². The summed E-state index contributed by atoms with van der Waals surface area (Å²) in [5.41, 5.74) is 6.21. The van der Waals surface area contributed by atoms with Gasteiger partial charge in [0, 0.05) is 13.0 Å². The Morgan fingerprint density at radius 3 is 2.58 bits per heavy atom. The van der Waals surface area contributed by atoms with Crippen molar-refractivity contribution in [3.63, 3.8) is 0 Å². The average molecular weight is 532 g/mol.